The lowest BCUT2D eigenvalue weighted by Gasteiger charge is -2.06. The van der Waals surface area contributed by atoms with Crippen molar-refractivity contribution in [1.82, 2.24) is 0 Å². The lowest BCUT2D eigenvalue weighted by atomic mass is 10.1. The fourth-order valence-electron chi connectivity index (χ4n) is 3.12. The second kappa shape index (κ2) is 29.9. The predicted octanol–water partition coefficient (Wildman–Crippen LogP) is 8.78. The van der Waals surface area contributed by atoms with Gasteiger partial charge in [0.25, 0.3) is 0 Å². The molecule has 0 saturated carbocycles. The summed E-state index contributed by atoms with van der Waals surface area (Å²) in [6.07, 6.45) is 28.4. The minimum atomic E-state index is 0.316. The molecule has 0 aromatic heterocycles. The molecule has 0 bridgehead atoms. The first-order chi connectivity index (χ1) is 15.4. The van der Waals surface area contributed by atoms with Crippen LogP contribution in [0.1, 0.15) is 103 Å². The zero-order valence-electron chi connectivity index (χ0n) is 19.8. The largest absolute Gasteiger partial charge is 0.355 e. The first kappa shape index (κ1) is 30.9. The lowest BCUT2D eigenvalue weighted by molar-refractivity contribution is -0.131. The van der Waals surface area contributed by atoms with Gasteiger partial charge in [-0.3, -0.25) is 0 Å². The van der Waals surface area contributed by atoms with E-state index in [-0.39, 0.29) is 0 Å². The summed E-state index contributed by atoms with van der Waals surface area (Å²) < 4.78 is 16.3. The van der Waals surface area contributed by atoms with Crippen LogP contribution in [0.25, 0.3) is 0 Å². The molecule has 3 nitrogen and oxygen atoms in total. The molecule has 0 aromatic carbocycles. The monoisotopic (exact) mass is 478 g/mol. The van der Waals surface area contributed by atoms with Crippen LogP contribution in [0.5, 0.6) is 0 Å². The van der Waals surface area contributed by atoms with Crippen molar-refractivity contribution in [2.24, 2.45) is 0 Å². The topological polar surface area (TPSA) is 27.7 Å². The molecule has 0 atom stereocenters. The molecule has 0 radical (unpaired) electrons. The van der Waals surface area contributed by atoms with Crippen molar-refractivity contribution >= 4 is 23.2 Å². The highest BCUT2D eigenvalue weighted by Crippen LogP contribution is 2.08. The maximum atomic E-state index is 5.67. The average Bonchev–Trinajstić information content (AvgIpc) is 2.78. The normalized spacial score (nSPS) is 11.9. The summed E-state index contributed by atoms with van der Waals surface area (Å²) in [5, 5.41) is 0. The van der Waals surface area contributed by atoms with E-state index in [9.17, 15) is 0 Å². The fourth-order valence-corrected chi connectivity index (χ4v) is 3.50. The highest BCUT2D eigenvalue weighted by Gasteiger charge is 1.92. The van der Waals surface area contributed by atoms with Crippen molar-refractivity contribution in [3.05, 3.63) is 24.3 Å². The zero-order chi connectivity index (χ0) is 22.5. The van der Waals surface area contributed by atoms with E-state index in [4.69, 9.17) is 37.4 Å². The van der Waals surface area contributed by atoms with Crippen molar-refractivity contribution < 1.29 is 14.2 Å². The summed E-state index contributed by atoms with van der Waals surface area (Å²) in [7, 11) is 0. The molecule has 0 spiro atoms. The van der Waals surface area contributed by atoms with Gasteiger partial charge >= 0.3 is 0 Å². The van der Waals surface area contributed by atoms with Crippen LogP contribution in [0, 0.1) is 0 Å². The third kappa shape index (κ3) is 29.9. The molecule has 31 heavy (non-hydrogen) atoms. The molecule has 0 aromatic rings. The Labute approximate surface area is 202 Å². The van der Waals surface area contributed by atoms with Crippen molar-refractivity contribution in [1.29, 1.82) is 0 Å². The SMILES string of the molecule is ClCCCCCCCC=CCCCOCOCOCCCC=CCCCCCCCCl. The second-order valence-corrected chi connectivity index (χ2v) is 8.73. The van der Waals surface area contributed by atoms with E-state index in [0.29, 0.717) is 13.6 Å². The van der Waals surface area contributed by atoms with Gasteiger partial charge in [-0.2, -0.15) is 0 Å². The first-order valence-electron chi connectivity index (χ1n) is 12.6. The van der Waals surface area contributed by atoms with Crippen LogP contribution >= 0.6 is 23.2 Å². The van der Waals surface area contributed by atoms with Gasteiger partial charge in [0.15, 0.2) is 0 Å². The maximum Gasteiger partial charge on any atom is 0.149 e. The number of halogens is 2. The number of alkyl halides is 2. The standard InChI is InChI=1S/C26H48Cl2O3/c27-21-17-13-9-5-1-3-7-11-15-19-23-29-25-31-26-30-24-20-16-12-8-4-2-6-10-14-18-22-28/h7-8,11-12H,1-6,9-10,13-26H2. The number of hydrogen-bond donors (Lipinski definition) is 0. The van der Waals surface area contributed by atoms with E-state index in [2.05, 4.69) is 24.3 Å². The van der Waals surface area contributed by atoms with E-state index in [1.54, 1.807) is 0 Å². The Kier molecular flexibility index (Phi) is 29.9. The molecular weight excluding hydrogens is 431 g/mol. The van der Waals surface area contributed by atoms with Crippen molar-refractivity contribution in [2.45, 2.75) is 103 Å². The average molecular weight is 480 g/mol. The number of allylic oxidation sites excluding steroid dienone is 4. The molecular formula is C26H48Cl2O3. The maximum absolute atomic E-state index is 5.67. The number of hydrogen-bond acceptors (Lipinski definition) is 3. The minimum Gasteiger partial charge on any atom is -0.355 e. The molecule has 0 aliphatic rings. The summed E-state index contributed by atoms with van der Waals surface area (Å²) in [5.41, 5.74) is 0. The highest BCUT2D eigenvalue weighted by atomic mass is 35.5. The molecule has 0 unspecified atom stereocenters. The van der Waals surface area contributed by atoms with Gasteiger partial charge in [-0.05, 0) is 64.2 Å². The van der Waals surface area contributed by atoms with Crippen LogP contribution in [0.4, 0.5) is 0 Å². The Balaban J connectivity index is 3.10. The smallest absolute Gasteiger partial charge is 0.149 e. The lowest BCUT2D eigenvalue weighted by Crippen LogP contribution is -2.06. The van der Waals surface area contributed by atoms with Crippen LogP contribution in [-0.2, 0) is 14.2 Å². The fraction of sp³-hybridized carbons (Fsp3) is 0.846. The summed E-state index contributed by atoms with van der Waals surface area (Å²) in [4.78, 5) is 0. The van der Waals surface area contributed by atoms with E-state index in [1.807, 2.05) is 0 Å². The van der Waals surface area contributed by atoms with Gasteiger partial charge in [-0.25, -0.2) is 0 Å². The number of rotatable bonds is 26. The van der Waals surface area contributed by atoms with E-state index >= 15 is 0 Å². The van der Waals surface area contributed by atoms with Crippen molar-refractivity contribution in [2.75, 3.05) is 38.6 Å². The van der Waals surface area contributed by atoms with Crippen molar-refractivity contribution in [3.63, 3.8) is 0 Å². The molecule has 0 amide bonds. The Hall–Kier alpha value is -0.0600. The molecule has 184 valence electrons. The van der Waals surface area contributed by atoms with E-state index < -0.39 is 0 Å². The third-order valence-corrected chi connectivity index (χ3v) is 5.53. The van der Waals surface area contributed by atoms with E-state index in [0.717, 1.165) is 63.5 Å². The van der Waals surface area contributed by atoms with Gasteiger partial charge < -0.3 is 14.2 Å². The van der Waals surface area contributed by atoms with Crippen LogP contribution in [0.3, 0.4) is 0 Å². The summed E-state index contributed by atoms with van der Waals surface area (Å²) in [5.74, 6) is 1.60. The molecule has 0 N–H and O–H groups in total. The quantitative estimate of drug-likeness (QED) is 0.0537. The number of unbranched alkanes of at least 4 members (excludes halogenated alkanes) is 12. The zero-order valence-corrected chi connectivity index (χ0v) is 21.4. The Morgan fingerprint density at radius 2 is 0.742 bits per heavy atom. The Bertz CT molecular complexity index is 342. The van der Waals surface area contributed by atoms with Crippen LogP contribution in [-0.4, -0.2) is 38.6 Å². The molecule has 5 heteroatoms. The summed E-state index contributed by atoms with van der Waals surface area (Å²) in [6.45, 7) is 2.11. The Morgan fingerprint density at radius 3 is 1.16 bits per heavy atom. The molecule has 0 aliphatic heterocycles. The number of ether oxygens (including phenoxy) is 3. The summed E-state index contributed by atoms with van der Waals surface area (Å²) in [6, 6.07) is 0. The molecule has 0 rings (SSSR count). The third-order valence-electron chi connectivity index (χ3n) is 4.99. The van der Waals surface area contributed by atoms with Gasteiger partial charge in [-0.1, -0.05) is 62.8 Å². The van der Waals surface area contributed by atoms with Gasteiger partial charge in [0.05, 0.1) is 0 Å². The van der Waals surface area contributed by atoms with Gasteiger partial charge in [0, 0.05) is 25.0 Å². The van der Waals surface area contributed by atoms with Crippen LogP contribution < -0.4 is 0 Å². The molecule has 0 saturated heterocycles. The van der Waals surface area contributed by atoms with Crippen molar-refractivity contribution in [3.8, 4) is 0 Å². The minimum absolute atomic E-state index is 0.316. The van der Waals surface area contributed by atoms with Gasteiger partial charge in [-0.15, -0.1) is 23.2 Å². The predicted molar refractivity (Wildman–Crippen MR) is 136 cm³/mol. The second-order valence-electron chi connectivity index (χ2n) is 7.97. The van der Waals surface area contributed by atoms with Crippen LogP contribution in [0.2, 0.25) is 0 Å². The first-order valence-corrected chi connectivity index (χ1v) is 13.6. The Morgan fingerprint density at radius 1 is 0.387 bits per heavy atom. The van der Waals surface area contributed by atoms with Gasteiger partial charge in [0.1, 0.15) is 13.6 Å². The molecule has 0 heterocycles. The van der Waals surface area contributed by atoms with Gasteiger partial charge in [0.2, 0.25) is 0 Å². The molecule has 0 aliphatic carbocycles. The molecule has 0 fully saturated rings. The van der Waals surface area contributed by atoms with E-state index in [1.165, 1.54) is 64.2 Å². The highest BCUT2D eigenvalue weighted by molar-refractivity contribution is 6.18. The van der Waals surface area contributed by atoms with Crippen LogP contribution in [0.15, 0.2) is 24.3 Å². The summed E-state index contributed by atoms with van der Waals surface area (Å²) >= 11 is 11.3.